The van der Waals surface area contributed by atoms with Gasteiger partial charge in [-0.2, -0.15) is 0 Å². The van der Waals surface area contributed by atoms with Gasteiger partial charge in [0.05, 0.1) is 12.1 Å². The lowest BCUT2D eigenvalue weighted by Gasteiger charge is -2.28. The maximum absolute atomic E-state index is 12.0. The SMILES string of the molecule is Cc1cc(Cl)ccc1NC(=O)NC(C)(CO)C1CC1. The second kappa shape index (κ2) is 5.39. The Balaban J connectivity index is 2.00. The molecule has 0 heterocycles. The molecule has 0 bridgehead atoms. The summed E-state index contributed by atoms with van der Waals surface area (Å²) in [6.07, 6.45) is 2.11. The van der Waals surface area contributed by atoms with Crippen LogP contribution in [0.4, 0.5) is 10.5 Å². The molecule has 3 N–H and O–H groups in total. The van der Waals surface area contributed by atoms with Crippen molar-refractivity contribution < 1.29 is 9.90 Å². The second-order valence-electron chi connectivity index (χ2n) is 5.39. The van der Waals surface area contributed by atoms with Gasteiger partial charge < -0.3 is 15.7 Å². The summed E-state index contributed by atoms with van der Waals surface area (Å²) in [5.74, 6) is 0.370. The number of hydrogen-bond donors (Lipinski definition) is 3. The maximum atomic E-state index is 12.0. The Morgan fingerprint density at radius 1 is 1.53 bits per heavy atom. The third-order valence-electron chi connectivity index (χ3n) is 3.64. The fourth-order valence-electron chi connectivity index (χ4n) is 2.17. The van der Waals surface area contributed by atoms with Crippen LogP contribution in [0.5, 0.6) is 0 Å². The largest absolute Gasteiger partial charge is 0.394 e. The third-order valence-corrected chi connectivity index (χ3v) is 3.88. The molecule has 104 valence electrons. The molecule has 1 fully saturated rings. The van der Waals surface area contributed by atoms with E-state index in [1.54, 1.807) is 18.2 Å². The Hall–Kier alpha value is -1.26. The van der Waals surface area contributed by atoms with E-state index in [-0.39, 0.29) is 12.6 Å². The minimum absolute atomic E-state index is 0.0509. The van der Waals surface area contributed by atoms with E-state index in [0.717, 1.165) is 24.1 Å². The van der Waals surface area contributed by atoms with Crippen molar-refractivity contribution in [3.63, 3.8) is 0 Å². The van der Waals surface area contributed by atoms with Crippen LogP contribution in [0.3, 0.4) is 0 Å². The lowest BCUT2D eigenvalue weighted by atomic mass is 9.97. The van der Waals surface area contributed by atoms with Crippen molar-refractivity contribution in [3.8, 4) is 0 Å². The van der Waals surface area contributed by atoms with Gasteiger partial charge in [-0.05, 0) is 56.4 Å². The zero-order valence-electron chi connectivity index (χ0n) is 11.2. The van der Waals surface area contributed by atoms with Crippen LogP contribution in [-0.2, 0) is 0 Å². The molecule has 1 aliphatic rings. The molecule has 4 nitrogen and oxygen atoms in total. The number of hydrogen-bond acceptors (Lipinski definition) is 2. The molecule has 1 unspecified atom stereocenters. The average molecular weight is 283 g/mol. The van der Waals surface area contributed by atoms with Crippen LogP contribution in [0.2, 0.25) is 5.02 Å². The van der Waals surface area contributed by atoms with E-state index >= 15 is 0 Å². The lowest BCUT2D eigenvalue weighted by Crippen LogP contribution is -2.52. The first-order valence-corrected chi connectivity index (χ1v) is 6.78. The number of carbonyl (C=O) groups excluding carboxylic acids is 1. The van der Waals surface area contributed by atoms with Gasteiger partial charge in [0.2, 0.25) is 0 Å². The number of rotatable bonds is 4. The normalized spacial score (nSPS) is 17.7. The van der Waals surface area contributed by atoms with Gasteiger partial charge in [-0.25, -0.2) is 4.79 Å². The van der Waals surface area contributed by atoms with Crippen molar-refractivity contribution in [1.29, 1.82) is 0 Å². The molecule has 1 atom stereocenters. The summed E-state index contributed by atoms with van der Waals surface area (Å²) in [6.45, 7) is 3.71. The zero-order chi connectivity index (χ0) is 14.0. The van der Waals surface area contributed by atoms with Crippen molar-refractivity contribution in [2.24, 2.45) is 5.92 Å². The van der Waals surface area contributed by atoms with Gasteiger partial charge in [0.25, 0.3) is 0 Å². The summed E-state index contributed by atoms with van der Waals surface area (Å²) < 4.78 is 0. The minimum atomic E-state index is -0.537. The van der Waals surface area contributed by atoms with E-state index in [9.17, 15) is 9.90 Å². The fraction of sp³-hybridized carbons (Fsp3) is 0.500. The molecule has 0 spiro atoms. The summed E-state index contributed by atoms with van der Waals surface area (Å²) in [7, 11) is 0. The fourth-order valence-corrected chi connectivity index (χ4v) is 2.40. The zero-order valence-corrected chi connectivity index (χ0v) is 11.9. The summed E-state index contributed by atoms with van der Waals surface area (Å²) in [5.41, 5.74) is 1.09. The molecule has 2 amide bonds. The van der Waals surface area contributed by atoms with Gasteiger partial charge >= 0.3 is 6.03 Å². The number of urea groups is 1. The van der Waals surface area contributed by atoms with Gasteiger partial charge in [-0.1, -0.05) is 11.6 Å². The van der Waals surface area contributed by atoms with Crippen LogP contribution in [0.1, 0.15) is 25.3 Å². The van der Waals surface area contributed by atoms with E-state index in [2.05, 4.69) is 10.6 Å². The molecular weight excluding hydrogens is 264 g/mol. The lowest BCUT2D eigenvalue weighted by molar-refractivity contribution is 0.159. The smallest absolute Gasteiger partial charge is 0.319 e. The topological polar surface area (TPSA) is 61.4 Å². The highest BCUT2D eigenvalue weighted by molar-refractivity contribution is 6.30. The van der Waals surface area contributed by atoms with Gasteiger partial charge in [-0.3, -0.25) is 0 Å². The first-order valence-electron chi connectivity index (χ1n) is 6.41. The Bertz CT molecular complexity index is 488. The predicted octanol–water partition coefficient (Wildman–Crippen LogP) is 2.93. The molecule has 0 aromatic heterocycles. The standard InChI is InChI=1S/C14H19ClN2O2/c1-9-7-11(15)5-6-12(9)16-13(19)17-14(2,8-18)10-3-4-10/h5-7,10,18H,3-4,8H2,1-2H3,(H2,16,17,19). The molecule has 0 aliphatic heterocycles. The first-order chi connectivity index (χ1) is 8.94. The number of amides is 2. The molecule has 1 aromatic carbocycles. The highest BCUT2D eigenvalue weighted by Crippen LogP contribution is 2.39. The quantitative estimate of drug-likeness (QED) is 0.795. The van der Waals surface area contributed by atoms with Crippen molar-refractivity contribution in [2.45, 2.75) is 32.2 Å². The molecule has 19 heavy (non-hydrogen) atoms. The van der Waals surface area contributed by atoms with E-state index in [1.807, 2.05) is 13.8 Å². The van der Waals surface area contributed by atoms with Gasteiger partial charge in [0.1, 0.15) is 0 Å². The second-order valence-corrected chi connectivity index (χ2v) is 5.82. The van der Waals surface area contributed by atoms with Crippen LogP contribution < -0.4 is 10.6 Å². The Labute approximate surface area is 118 Å². The number of carbonyl (C=O) groups is 1. The van der Waals surface area contributed by atoms with Crippen molar-refractivity contribution in [1.82, 2.24) is 5.32 Å². The number of aliphatic hydroxyl groups excluding tert-OH is 1. The number of aliphatic hydroxyl groups is 1. The molecule has 0 saturated heterocycles. The Morgan fingerprint density at radius 2 is 2.21 bits per heavy atom. The maximum Gasteiger partial charge on any atom is 0.319 e. The predicted molar refractivity (Wildman–Crippen MR) is 76.6 cm³/mol. The Kier molecular flexibility index (Phi) is 4.02. The van der Waals surface area contributed by atoms with Crippen LogP contribution >= 0.6 is 11.6 Å². The molecular formula is C14H19ClN2O2. The van der Waals surface area contributed by atoms with E-state index in [4.69, 9.17) is 11.6 Å². The molecule has 5 heteroatoms. The highest BCUT2D eigenvalue weighted by atomic mass is 35.5. The molecule has 1 saturated carbocycles. The molecule has 1 aromatic rings. The monoisotopic (exact) mass is 282 g/mol. The van der Waals surface area contributed by atoms with Gasteiger partial charge in [-0.15, -0.1) is 0 Å². The van der Waals surface area contributed by atoms with Crippen LogP contribution in [-0.4, -0.2) is 23.3 Å². The molecule has 2 rings (SSSR count). The molecule has 0 radical (unpaired) electrons. The van der Waals surface area contributed by atoms with Crippen molar-refractivity contribution in [2.75, 3.05) is 11.9 Å². The minimum Gasteiger partial charge on any atom is -0.394 e. The number of benzene rings is 1. The van der Waals surface area contributed by atoms with Crippen LogP contribution in [0.15, 0.2) is 18.2 Å². The van der Waals surface area contributed by atoms with E-state index in [1.165, 1.54) is 0 Å². The number of halogens is 1. The first kappa shape index (κ1) is 14.2. The average Bonchev–Trinajstić information content (AvgIpc) is 3.17. The number of nitrogens with one attached hydrogen (secondary N) is 2. The third kappa shape index (κ3) is 3.39. The van der Waals surface area contributed by atoms with E-state index < -0.39 is 5.54 Å². The van der Waals surface area contributed by atoms with Gasteiger partial charge in [0.15, 0.2) is 0 Å². The number of aryl methyl sites for hydroxylation is 1. The summed E-state index contributed by atoms with van der Waals surface area (Å²) in [6, 6.07) is 5.00. The van der Waals surface area contributed by atoms with Crippen molar-refractivity contribution >= 4 is 23.3 Å². The number of anilines is 1. The van der Waals surface area contributed by atoms with Crippen LogP contribution in [0, 0.1) is 12.8 Å². The summed E-state index contributed by atoms with van der Waals surface area (Å²) in [5, 5.41) is 15.7. The highest BCUT2D eigenvalue weighted by Gasteiger charge is 2.42. The van der Waals surface area contributed by atoms with Crippen molar-refractivity contribution in [3.05, 3.63) is 28.8 Å². The Morgan fingerprint density at radius 3 is 2.74 bits per heavy atom. The van der Waals surface area contributed by atoms with Gasteiger partial charge in [0, 0.05) is 10.7 Å². The van der Waals surface area contributed by atoms with E-state index in [0.29, 0.717) is 10.9 Å². The summed E-state index contributed by atoms with van der Waals surface area (Å²) in [4.78, 5) is 12.0. The molecule has 1 aliphatic carbocycles. The summed E-state index contributed by atoms with van der Waals surface area (Å²) >= 11 is 5.87. The van der Waals surface area contributed by atoms with Crippen LogP contribution in [0.25, 0.3) is 0 Å².